The molecule has 0 aromatic carbocycles. The first-order valence-electron chi connectivity index (χ1n) is 6.17. The molecule has 3 heterocycles. The van der Waals surface area contributed by atoms with Crippen molar-refractivity contribution in [1.29, 1.82) is 0 Å². The Labute approximate surface area is 115 Å². The maximum atomic E-state index is 5.78. The second-order valence-electron chi connectivity index (χ2n) is 4.25. The molecule has 0 amide bonds. The minimum absolute atomic E-state index is 0.480. The van der Waals surface area contributed by atoms with E-state index in [-0.39, 0.29) is 0 Å². The van der Waals surface area contributed by atoms with E-state index in [1.54, 1.807) is 12.4 Å². The van der Waals surface area contributed by atoms with Crippen LogP contribution in [0.15, 0.2) is 30.7 Å². The Morgan fingerprint density at radius 3 is 3.00 bits per heavy atom. The monoisotopic (exact) mass is 273 g/mol. The van der Waals surface area contributed by atoms with Gasteiger partial charge in [-0.1, -0.05) is 6.92 Å². The zero-order chi connectivity index (χ0) is 13.2. The second-order valence-corrected chi connectivity index (χ2v) is 5.50. The van der Waals surface area contributed by atoms with Crippen molar-refractivity contribution in [2.45, 2.75) is 19.9 Å². The number of rotatable bonds is 4. The number of anilines is 2. The van der Waals surface area contributed by atoms with Crippen molar-refractivity contribution in [3.05, 3.63) is 40.5 Å². The molecule has 6 heteroatoms. The summed E-state index contributed by atoms with van der Waals surface area (Å²) in [5.41, 5.74) is 6.57. The molecule has 3 N–H and O–H groups in total. The van der Waals surface area contributed by atoms with Gasteiger partial charge in [-0.05, 0) is 18.6 Å². The molecule has 98 valence electrons. The lowest BCUT2D eigenvalue weighted by molar-refractivity contribution is 1.09. The number of aromatic nitrogens is 3. The third kappa shape index (κ3) is 2.39. The average molecular weight is 273 g/mol. The number of fused-ring (bicyclic) bond motifs is 1. The highest BCUT2D eigenvalue weighted by Crippen LogP contribution is 2.20. The Hall–Kier alpha value is -2.08. The molecule has 3 rings (SSSR count). The first kappa shape index (κ1) is 12.0. The maximum absolute atomic E-state index is 5.78. The molecule has 0 saturated heterocycles. The molecule has 0 fully saturated rings. The van der Waals surface area contributed by atoms with Crippen LogP contribution >= 0.6 is 11.3 Å². The van der Waals surface area contributed by atoms with Crippen molar-refractivity contribution < 1.29 is 0 Å². The van der Waals surface area contributed by atoms with E-state index in [1.165, 1.54) is 9.75 Å². The van der Waals surface area contributed by atoms with Crippen molar-refractivity contribution in [1.82, 2.24) is 14.4 Å². The smallest absolute Gasteiger partial charge is 0.180 e. The third-order valence-corrected chi connectivity index (χ3v) is 4.12. The van der Waals surface area contributed by atoms with Crippen LogP contribution in [-0.2, 0) is 13.0 Å². The molecule has 19 heavy (non-hydrogen) atoms. The standard InChI is InChI=1S/C13H15N5S/c1-2-9-3-4-10(19-9)7-16-12-13-15-5-6-18(13)8-11(14)17-12/h3-6,8H,2,7,14H2,1H3,(H,16,17). The first-order chi connectivity index (χ1) is 9.26. The normalized spacial score (nSPS) is 11.0. The SMILES string of the molecule is CCc1ccc(CNc2nc(N)cn3ccnc23)s1. The summed E-state index contributed by atoms with van der Waals surface area (Å²) in [7, 11) is 0. The molecule has 3 aromatic rings. The van der Waals surface area contributed by atoms with Crippen LogP contribution < -0.4 is 11.1 Å². The molecule has 0 aliphatic rings. The fourth-order valence-corrected chi connectivity index (χ4v) is 2.85. The van der Waals surface area contributed by atoms with Gasteiger partial charge in [0.05, 0.1) is 12.7 Å². The van der Waals surface area contributed by atoms with Crippen LogP contribution in [-0.4, -0.2) is 14.4 Å². The van der Waals surface area contributed by atoms with E-state index < -0.39 is 0 Å². The molecule has 0 unspecified atom stereocenters. The lowest BCUT2D eigenvalue weighted by atomic mass is 10.3. The Kier molecular flexibility index (Phi) is 3.08. The molecule has 0 spiro atoms. The van der Waals surface area contributed by atoms with Gasteiger partial charge in [-0.15, -0.1) is 11.3 Å². The van der Waals surface area contributed by atoms with E-state index in [0.717, 1.165) is 24.4 Å². The summed E-state index contributed by atoms with van der Waals surface area (Å²) in [5, 5.41) is 3.30. The van der Waals surface area contributed by atoms with Crippen molar-refractivity contribution >= 4 is 28.6 Å². The summed E-state index contributed by atoms with van der Waals surface area (Å²) >= 11 is 1.82. The van der Waals surface area contributed by atoms with Gasteiger partial charge in [0.25, 0.3) is 0 Å². The summed E-state index contributed by atoms with van der Waals surface area (Å²) in [6, 6.07) is 4.31. The number of nitrogens with zero attached hydrogens (tertiary/aromatic N) is 3. The highest BCUT2D eigenvalue weighted by Gasteiger charge is 2.06. The molecule has 0 atom stereocenters. The van der Waals surface area contributed by atoms with Crippen LogP contribution in [0.25, 0.3) is 5.65 Å². The van der Waals surface area contributed by atoms with Gasteiger partial charge < -0.3 is 15.5 Å². The van der Waals surface area contributed by atoms with E-state index in [9.17, 15) is 0 Å². The number of nitrogens with one attached hydrogen (secondary N) is 1. The largest absolute Gasteiger partial charge is 0.382 e. The molecule has 0 aliphatic heterocycles. The number of hydrogen-bond donors (Lipinski definition) is 2. The first-order valence-corrected chi connectivity index (χ1v) is 6.98. The zero-order valence-electron chi connectivity index (χ0n) is 10.6. The summed E-state index contributed by atoms with van der Waals surface area (Å²) in [4.78, 5) is 11.3. The number of nitrogens with two attached hydrogens (primary N) is 1. The Morgan fingerprint density at radius 2 is 2.21 bits per heavy atom. The predicted molar refractivity (Wildman–Crippen MR) is 78.4 cm³/mol. The number of thiophene rings is 1. The number of aryl methyl sites for hydroxylation is 1. The summed E-state index contributed by atoms with van der Waals surface area (Å²) < 4.78 is 1.87. The Bertz CT molecular complexity index is 700. The van der Waals surface area contributed by atoms with Gasteiger partial charge >= 0.3 is 0 Å². The quantitative estimate of drug-likeness (QED) is 0.766. The molecule has 0 radical (unpaired) electrons. The van der Waals surface area contributed by atoms with Gasteiger partial charge in [0.2, 0.25) is 0 Å². The van der Waals surface area contributed by atoms with E-state index in [2.05, 4.69) is 34.3 Å². The average Bonchev–Trinajstić information content (AvgIpc) is 3.03. The fraction of sp³-hybridized carbons (Fsp3) is 0.231. The summed E-state index contributed by atoms with van der Waals surface area (Å²) in [6.45, 7) is 2.90. The zero-order valence-corrected chi connectivity index (χ0v) is 11.4. The highest BCUT2D eigenvalue weighted by atomic mass is 32.1. The Morgan fingerprint density at radius 1 is 1.37 bits per heavy atom. The predicted octanol–water partition coefficient (Wildman–Crippen LogP) is 2.55. The number of hydrogen-bond acceptors (Lipinski definition) is 5. The summed E-state index contributed by atoms with van der Waals surface area (Å²) in [5.74, 6) is 1.20. The fourth-order valence-electron chi connectivity index (χ4n) is 1.95. The van der Waals surface area contributed by atoms with E-state index in [4.69, 9.17) is 5.73 Å². The second kappa shape index (κ2) is 4.89. The minimum atomic E-state index is 0.480. The Balaban J connectivity index is 1.83. The molecule has 0 bridgehead atoms. The summed E-state index contributed by atoms with van der Waals surface area (Å²) in [6.07, 6.45) is 6.43. The van der Waals surface area contributed by atoms with Crippen LogP contribution in [0.1, 0.15) is 16.7 Å². The van der Waals surface area contributed by atoms with Gasteiger partial charge in [0.1, 0.15) is 5.82 Å². The van der Waals surface area contributed by atoms with Gasteiger partial charge in [0.15, 0.2) is 11.5 Å². The van der Waals surface area contributed by atoms with E-state index in [0.29, 0.717) is 5.82 Å². The molecule has 3 aromatic heterocycles. The van der Waals surface area contributed by atoms with Crippen molar-refractivity contribution in [3.8, 4) is 0 Å². The number of imidazole rings is 1. The van der Waals surface area contributed by atoms with Gasteiger partial charge in [-0.3, -0.25) is 0 Å². The van der Waals surface area contributed by atoms with Crippen molar-refractivity contribution in [2.75, 3.05) is 11.1 Å². The van der Waals surface area contributed by atoms with Crippen LogP contribution in [0.3, 0.4) is 0 Å². The van der Waals surface area contributed by atoms with Gasteiger partial charge in [-0.25, -0.2) is 9.97 Å². The van der Waals surface area contributed by atoms with Crippen molar-refractivity contribution in [2.24, 2.45) is 0 Å². The molecular weight excluding hydrogens is 258 g/mol. The molecule has 0 saturated carbocycles. The van der Waals surface area contributed by atoms with Gasteiger partial charge in [-0.2, -0.15) is 0 Å². The third-order valence-electron chi connectivity index (χ3n) is 2.89. The van der Waals surface area contributed by atoms with Crippen LogP contribution in [0.5, 0.6) is 0 Å². The van der Waals surface area contributed by atoms with Crippen LogP contribution in [0.2, 0.25) is 0 Å². The maximum Gasteiger partial charge on any atom is 0.180 e. The molecule has 0 aliphatic carbocycles. The topological polar surface area (TPSA) is 68.2 Å². The van der Waals surface area contributed by atoms with Gasteiger partial charge in [0, 0.05) is 22.1 Å². The molecule has 5 nitrogen and oxygen atoms in total. The lowest BCUT2D eigenvalue weighted by Gasteiger charge is -2.06. The minimum Gasteiger partial charge on any atom is -0.382 e. The van der Waals surface area contributed by atoms with Crippen molar-refractivity contribution in [3.63, 3.8) is 0 Å². The lowest BCUT2D eigenvalue weighted by Crippen LogP contribution is -2.05. The van der Waals surface area contributed by atoms with E-state index in [1.807, 2.05) is 21.9 Å². The van der Waals surface area contributed by atoms with E-state index >= 15 is 0 Å². The molecular formula is C13H15N5S. The highest BCUT2D eigenvalue weighted by molar-refractivity contribution is 7.12. The number of nitrogen functional groups attached to an aromatic ring is 1. The van der Waals surface area contributed by atoms with Crippen LogP contribution in [0, 0.1) is 0 Å². The van der Waals surface area contributed by atoms with Crippen LogP contribution in [0.4, 0.5) is 11.6 Å².